The van der Waals surface area contributed by atoms with E-state index in [9.17, 15) is 9.59 Å². The van der Waals surface area contributed by atoms with E-state index in [2.05, 4.69) is 31.1 Å². The Morgan fingerprint density at radius 3 is 2.15 bits per heavy atom. The van der Waals surface area contributed by atoms with Crippen molar-refractivity contribution in [2.24, 2.45) is 5.41 Å². The van der Waals surface area contributed by atoms with E-state index in [1.54, 1.807) is 7.11 Å². The number of aryl methyl sites for hydroxylation is 1. The van der Waals surface area contributed by atoms with Gasteiger partial charge in [0.1, 0.15) is 11.2 Å². The zero-order chi connectivity index (χ0) is 28.6. The fourth-order valence-corrected chi connectivity index (χ4v) is 5.57. The Morgan fingerprint density at radius 1 is 1.00 bits per heavy atom. The number of hydrogen-bond acceptors (Lipinski definition) is 5. The van der Waals surface area contributed by atoms with Gasteiger partial charge in [-0.25, -0.2) is 9.69 Å². The van der Waals surface area contributed by atoms with E-state index in [0.717, 1.165) is 36.9 Å². The summed E-state index contributed by atoms with van der Waals surface area (Å²) in [5, 5.41) is 3.12. The highest BCUT2D eigenvalue weighted by Crippen LogP contribution is 2.46. The second kappa shape index (κ2) is 13.9. The highest BCUT2D eigenvalue weighted by atomic mass is 16.5. The number of likely N-dealkylation sites (tertiary alicyclic amines) is 1. The fourth-order valence-electron chi connectivity index (χ4n) is 5.57. The lowest BCUT2D eigenvalue weighted by atomic mass is 9.72. The van der Waals surface area contributed by atoms with Gasteiger partial charge in [-0.15, -0.1) is 0 Å². The monoisotopic (exact) mass is 537 g/mol. The van der Waals surface area contributed by atoms with E-state index >= 15 is 0 Å². The number of β-lactam (4-membered cyclic amide) rings is 1. The number of imide groups is 1. The average molecular weight is 538 g/mol. The smallest absolute Gasteiger partial charge is 0.327 e. The molecule has 3 amide bonds. The molecule has 1 fully saturated rings. The summed E-state index contributed by atoms with van der Waals surface area (Å²) in [6.45, 7) is 11.8. The van der Waals surface area contributed by atoms with Crippen molar-refractivity contribution in [1.82, 2.24) is 15.1 Å². The zero-order valence-electron chi connectivity index (χ0n) is 24.8. The van der Waals surface area contributed by atoms with E-state index in [1.165, 1.54) is 10.5 Å². The summed E-state index contributed by atoms with van der Waals surface area (Å²) in [6.07, 6.45) is 3.29. The number of benzene rings is 2. The van der Waals surface area contributed by atoms with Crippen molar-refractivity contribution in [3.8, 4) is 5.75 Å². The summed E-state index contributed by atoms with van der Waals surface area (Å²) in [5.41, 5.74) is 2.61. The lowest BCUT2D eigenvalue weighted by Gasteiger charge is -2.53. The first-order valence-electron chi connectivity index (χ1n) is 14.4. The molecule has 2 aromatic rings. The van der Waals surface area contributed by atoms with Crippen LogP contribution in [-0.2, 0) is 9.53 Å². The first-order valence-corrected chi connectivity index (χ1v) is 14.4. The molecule has 2 unspecified atom stereocenters. The minimum absolute atomic E-state index is 0.138. The molecule has 1 saturated heterocycles. The van der Waals surface area contributed by atoms with E-state index in [1.807, 2.05) is 69.3 Å². The topological polar surface area (TPSA) is 71.1 Å². The number of nitrogens with one attached hydrogen (secondary N) is 1. The molecule has 1 aliphatic heterocycles. The van der Waals surface area contributed by atoms with Gasteiger partial charge in [0.15, 0.2) is 6.23 Å². The van der Waals surface area contributed by atoms with Crippen molar-refractivity contribution >= 4 is 11.9 Å². The Balaban J connectivity index is 1.81. The number of rotatable bonds is 14. The summed E-state index contributed by atoms with van der Waals surface area (Å²) in [7, 11) is 3.82. The van der Waals surface area contributed by atoms with Crippen LogP contribution in [0.2, 0.25) is 0 Å². The van der Waals surface area contributed by atoms with E-state index in [4.69, 9.17) is 9.47 Å². The van der Waals surface area contributed by atoms with Crippen LogP contribution in [-0.4, -0.2) is 55.3 Å². The highest BCUT2D eigenvalue weighted by molar-refractivity contribution is 6.03. The predicted molar refractivity (Wildman–Crippen MR) is 156 cm³/mol. The van der Waals surface area contributed by atoms with Crippen molar-refractivity contribution in [1.29, 1.82) is 0 Å². The van der Waals surface area contributed by atoms with Crippen LogP contribution < -0.4 is 10.1 Å². The summed E-state index contributed by atoms with van der Waals surface area (Å²) in [5.74, 6) is 0.463. The van der Waals surface area contributed by atoms with Gasteiger partial charge in [0.25, 0.3) is 0 Å². The normalized spacial score (nSPS) is 18.0. The number of ether oxygens (including phenoxy) is 2. The third-order valence-electron chi connectivity index (χ3n) is 8.13. The molecule has 3 rings (SSSR count). The van der Waals surface area contributed by atoms with Crippen LogP contribution >= 0.6 is 0 Å². The molecule has 1 N–H and O–H groups in total. The number of hydrogen-bond donors (Lipinski definition) is 1. The number of carbonyl (C=O) groups is 2. The lowest BCUT2D eigenvalue weighted by Crippen LogP contribution is -2.73. The molecule has 0 spiro atoms. The quantitative estimate of drug-likeness (QED) is 0.274. The van der Waals surface area contributed by atoms with Crippen LogP contribution in [0.1, 0.15) is 88.6 Å². The molecule has 1 heterocycles. The van der Waals surface area contributed by atoms with E-state index < -0.39 is 17.7 Å². The number of urea groups is 1. The molecule has 2 aromatic carbocycles. The number of amides is 3. The highest BCUT2D eigenvalue weighted by Gasteiger charge is 2.63. The number of carbonyl (C=O) groups excluding carboxylic acids is 2. The van der Waals surface area contributed by atoms with Gasteiger partial charge in [0, 0.05) is 7.11 Å². The van der Waals surface area contributed by atoms with Crippen LogP contribution in [0.5, 0.6) is 5.75 Å². The van der Waals surface area contributed by atoms with Crippen molar-refractivity contribution in [3.05, 3.63) is 65.2 Å². The molecule has 0 bridgehead atoms. The fraction of sp³-hybridized carbons (Fsp3) is 0.562. The molecule has 3 atom stereocenters. The summed E-state index contributed by atoms with van der Waals surface area (Å²) < 4.78 is 11.9. The molecule has 39 heavy (non-hydrogen) atoms. The van der Waals surface area contributed by atoms with Crippen LogP contribution in [0.4, 0.5) is 4.79 Å². The number of methoxy groups -OCH3 is 1. The zero-order valence-corrected chi connectivity index (χ0v) is 24.8. The first-order chi connectivity index (χ1) is 18.8. The Hall–Kier alpha value is -2.90. The van der Waals surface area contributed by atoms with Crippen molar-refractivity contribution in [3.63, 3.8) is 0 Å². The summed E-state index contributed by atoms with van der Waals surface area (Å²) >= 11 is 0. The summed E-state index contributed by atoms with van der Waals surface area (Å²) in [6, 6.07) is 15.7. The maximum atomic E-state index is 13.5. The second-order valence-corrected chi connectivity index (χ2v) is 10.7. The Labute approximate surface area is 234 Å². The third kappa shape index (κ3) is 6.64. The van der Waals surface area contributed by atoms with Crippen LogP contribution in [0, 0.1) is 12.3 Å². The molecule has 0 radical (unpaired) electrons. The van der Waals surface area contributed by atoms with Crippen LogP contribution in [0.3, 0.4) is 0 Å². The van der Waals surface area contributed by atoms with Gasteiger partial charge < -0.3 is 14.8 Å². The predicted octanol–water partition coefficient (Wildman–Crippen LogP) is 6.63. The van der Waals surface area contributed by atoms with Gasteiger partial charge in [-0.2, -0.15) is 0 Å². The molecule has 0 saturated carbocycles. The third-order valence-corrected chi connectivity index (χ3v) is 8.13. The van der Waals surface area contributed by atoms with Crippen LogP contribution in [0.25, 0.3) is 0 Å². The molecule has 7 heteroatoms. The van der Waals surface area contributed by atoms with Crippen molar-refractivity contribution in [2.45, 2.75) is 85.0 Å². The first kappa shape index (κ1) is 30.6. The van der Waals surface area contributed by atoms with Gasteiger partial charge in [-0.3, -0.25) is 9.69 Å². The maximum Gasteiger partial charge on any atom is 0.327 e. The average Bonchev–Trinajstić information content (AvgIpc) is 2.93. The van der Waals surface area contributed by atoms with Gasteiger partial charge in [0.05, 0.1) is 18.7 Å². The Bertz CT molecular complexity index is 1070. The molecular weight excluding hydrogens is 490 g/mol. The van der Waals surface area contributed by atoms with Crippen molar-refractivity contribution in [2.75, 3.05) is 27.3 Å². The Kier molecular flexibility index (Phi) is 11.0. The van der Waals surface area contributed by atoms with E-state index in [-0.39, 0.29) is 18.0 Å². The van der Waals surface area contributed by atoms with Gasteiger partial charge in [-0.05, 0) is 69.5 Å². The molecule has 0 aliphatic carbocycles. The second-order valence-electron chi connectivity index (χ2n) is 10.7. The maximum absolute atomic E-state index is 13.5. The molecule has 7 nitrogen and oxygen atoms in total. The SMILES string of the molecule is CCCC(NC(=O)N1C(=O)C(CC)(CC)C1Oc1ccc([C@@H](COC)N(C)CCC)cc1)c1ccc(C)cc1. The standard InChI is InChI=1S/C32H47N3O4/c1-8-12-27(24-15-13-23(5)14-16-24)33-31(37)35-29(36)32(10-3,11-4)30(35)39-26-19-17-25(18-20-26)28(22-38-7)34(6)21-9-2/h13-20,27-28,30H,8-12,21-22H2,1-7H3,(H,33,37)/t27?,28-,30?/m1/s1. The van der Waals surface area contributed by atoms with Gasteiger partial charge in [0.2, 0.25) is 5.91 Å². The minimum atomic E-state index is -0.722. The summed E-state index contributed by atoms with van der Waals surface area (Å²) in [4.78, 5) is 30.5. The molecular formula is C32H47N3O4. The molecule has 0 aromatic heterocycles. The number of likely N-dealkylation sites (N-methyl/N-ethyl adjacent to an activating group) is 1. The Morgan fingerprint density at radius 2 is 1.62 bits per heavy atom. The minimum Gasteiger partial charge on any atom is -0.469 e. The molecule has 1 aliphatic rings. The molecule has 214 valence electrons. The number of nitrogens with zero attached hydrogens (tertiary/aromatic N) is 2. The van der Waals surface area contributed by atoms with E-state index in [0.29, 0.717) is 25.2 Å². The van der Waals surface area contributed by atoms with Crippen LogP contribution in [0.15, 0.2) is 48.5 Å². The van der Waals surface area contributed by atoms with Gasteiger partial charge >= 0.3 is 6.03 Å². The van der Waals surface area contributed by atoms with Crippen molar-refractivity contribution < 1.29 is 19.1 Å². The van der Waals surface area contributed by atoms with Gasteiger partial charge in [-0.1, -0.05) is 76.1 Å². The lowest BCUT2D eigenvalue weighted by molar-refractivity contribution is -0.191. The largest absolute Gasteiger partial charge is 0.469 e.